The molecule has 134 valence electrons. The Labute approximate surface area is 163 Å². The minimum absolute atomic E-state index is 0.0469. The van der Waals surface area contributed by atoms with Crippen molar-refractivity contribution in [2.75, 3.05) is 0 Å². The van der Waals surface area contributed by atoms with Gasteiger partial charge in [-0.2, -0.15) is 10.5 Å². The zero-order valence-corrected chi connectivity index (χ0v) is 15.1. The third-order valence-electron chi connectivity index (χ3n) is 4.24. The summed E-state index contributed by atoms with van der Waals surface area (Å²) in [6, 6.07) is 26.6. The third kappa shape index (κ3) is 3.77. The van der Waals surface area contributed by atoms with Gasteiger partial charge in [-0.3, -0.25) is 0 Å². The molecule has 4 nitrogen and oxygen atoms in total. The van der Waals surface area contributed by atoms with E-state index in [4.69, 9.17) is 15.6 Å². The molecular formula is C24H17N3O. The smallest absolute Gasteiger partial charge is 0.130 e. The van der Waals surface area contributed by atoms with Crippen LogP contribution in [0.25, 0.3) is 34.1 Å². The van der Waals surface area contributed by atoms with Gasteiger partial charge in [0, 0.05) is 17.0 Å². The van der Waals surface area contributed by atoms with E-state index in [9.17, 15) is 0 Å². The monoisotopic (exact) mass is 363 g/mol. The molecule has 0 aliphatic heterocycles. The van der Waals surface area contributed by atoms with E-state index in [0.717, 1.165) is 5.56 Å². The van der Waals surface area contributed by atoms with Crippen LogP contribution in [0.5, 0.6) is 5.75 Å². The summed E-state index contributed by atoms with van der Waals surface area (Å²) < 4.78 is 2.13. The Morgan fingerprint density at radius 1 is 0.821 bits per heavy atom. The van der Waals surface area contributed by atoms with Crippen molar-refractivity contribution in [3.8, 4) is 17.9 Å². The molecule has 0 unspecified atom stereocenters. The van der Waals surface area contributed by atoms with Gasteiger partial charge in [-0.1, -0.05) is 55.1 Å². The van der Waals surface area contributed by atoms with Crippen LogP contribution < -0.4 is 0 Å². The first-order valence-electron chi connectivity index (χ1n) is 8.59. The molecule has 28 heavy (non-hydrogen) atoms. The van der Waals surface area contributed by atoms with Crippen molar-refractivity contribution in [3.05, 3.63) is 90.5 Å². The summed E-state index contributed by atoms with van der Waals surface area (Å²) in [6.45, 7) is 3.87. The third-order valence-corrected chi connectivity index (χ3v) is 4.24. The van der Waals surface area contributed by atoms with Crippen LogP contribution in [0.3, 0.4) is 0 Å². The number of benzene rings is 3. The molecule has 1 N–H and O–H groups in total. The van der Waals surface area contributed by atoms with Gasteiger partial charge >= 0.3 is 0 Å². The van der Waals surface area contributed by atoms with Gasteiger partial charge in [0.05, 0.1) is 11.0 Å². The van der Waals surface area contributed by atoms with Crippen LogP contribution in [0.1, 0.15) is 5.56 Å². The van der Waals surface area contributed by atoms with Crippen molar-refractivity contribution in [1.29, 1.82) is 10.5 Å². The zero-order valence-electron chi connectivity index (χ0n) is 15.1. The molecule has 0 bridgehead atoms. The number of rotatable bonds is 2. The molecule has 1 aromatic heterocycles. The number of fused-ring (bicyclic) bond motifs is 3. The lowest BCUT2D eigenvalue weighted by molar-refractivity contribution is 0.475. The quantitative estimate of drug-likeness (QED) is 0.463. The second kappa shape index (κ2) is 8.40. The SMILES string of the molecule is C=Cn1c2ccccc2c2ccccc21.N#CC(C#N)=Cc1ccc(O)cc1. The van der Waals surface area contributed by atoms with E-state index in [1.54, 1.807) is 24.3 Å². The highest BCUT2D eigenvalue weighted by atomic mass is 16.3. The Balaban J connectivity index is 0.000000163. The molecule has 1 heterocycles. The lowest BCUT2D eigenvalue weighted by atomic mass is 10.1. The van der Waals surface area contributed by atoms with Gasteiger partial charge in [-0.05, 0) is 35.9 Å². The summed E-state index contributed by atoms with van der Waals surface area (Å²) in [6.07, 6.45) is 3.32. The highest BCUT2D eigenvalue weighted by Gasteiger charge is 2.06. The van der Waals surface area contributed by atoms with E-state index < -0.39 is 0 Å². The van der Waals surface area contributed by atoms with Gasteiger partial charge in [-0.25, -0.2) is 0 Å². The first-order valence-corrected chi connectivity index (χ1v) is 8.59. The summed E-state index contributed by atoms with van der Waals surface area (Å²) in [4.78, 5) is 0. The fraction of sp³-hybridized carbons (Fsp3) is 0. The Bertz CT molecular complexity index is 1180. The van der Waals surface area contributed by atoms with Crippen molar-refractivity contribution in [1.82, 2.24) is 4.57 Å². The molecule has 0 spiro atoms. The zero-order chi connectivity index (χ0) is 19.9. The highest BCUT2D eigenvalue weighted by Crippen LogP contribution is 2.28. The van der Waals surface area contributed by atoms with E-state index in [1.807, 2.05) is 6.20 Å². The second-order valence-corrected chi connectivity index (χ2v) is 5.96. The summed E-state index contributed by atoms with van der Waals surface area (Å²) in [7, 11) is 0. The largest absolute Gasteiger partial charge is 0.508 e. The maximum absolute atomic E-state index is 8.95. The van der Waals surface area contributed by atoms with Crippen LogP contribution in [0.2, 0.25) is 0 Å². The molecule has 0 atom stereocenters. The maximum atomic E-state index is 8.95. The molecule has 3 aromatic carbocycles. The van der Waals surface area contributed by atoms with Crippen LogP contribution in [0.4, 0.5) is 0 Å². The highest BCUT2D eigenvalue weighted by molar-refractivity contribution is 6.09. The van der Waals surface area contributed by atoms with E-state index in [1.165, 1.54) is 40.0 Å². The molecule has 0 amide bonds. The lowest BCUT2D eigenvalue weighted by Gasteiger charge is -1.97. The van der Waals surface area contributed by atoms with E-state index in [2.05, 4.69) is 59.7 Å². The van der Waals surface area contributed by atoms with Crippen molar-refractivity contribution in [2.45, 2.75) is 0 Å². The maximum Gasteiger partial charge on any atom is 0.130 e. The number of aromatic nitrogens is 1. The number of hydrogen-bond donors (Lipinski definition) is 1. The molecule has 0 aliphatic rings. The standard InChI is InChI=1S/C14H11N.C10H6N2O/c1-2-15-13-9-5-3-7-11(13)12-8-4-6-10-14(12)15;11-6-9(7-12)5-8-1-3-10(13)4-2-8/h2-10H,1H2;1-5,13H. The fourth-order valence-electron chi connectivity index (χ4n) is 2.98. The normalized spacial score (nSPS) is 9.64. The molecule has 0 aliphatic carbocycles. The first-order chi connectivity index (χ1) is 13.7. The van der Waals surface area contributed by atoms with Crippen molar-refractivity contribution < 1.29 is 5.11 Å². The molecule has 0 radical (unpaired) electrons. The molecular weight excluding hydrogens is 346 g/mol. The summed E-state index contributed by atoms with van der Waals surface area (Å²) in [5, 5.41) is 28.4. The molecule has 0 saturated carbocycles. The number of phenols is 1. The Morgan fingerprint density at radius 2 is 1.32 bits per heavy atom. The van der Waals surface area contributed by atoms with Crippen molar-refractivity contribution >= 4 is 34.1 Å². The predicted molar refractivity (Wildman–Crippen MR) is 113 cm³/mol. The summed E-state index contributed by atoms with van der Waals surface area (Å²) >= 11 is 0. The molecule has 4 rings (SSSR count). The molecule has 0 saturated heterocycles. The van der Waals surface area contributed by atoms with Crippen LogP contribution in [-0.4, -0.2) is 9.67 Å². The van der Waals surface area contributed by atoms with E-state index in [-0.39, 0.29) is 11.3 Å². The average molecular weight is 363 g/mol. The Hall–Kier alpha value is -4.28. The molecule has 0 fully saturated rings. The topological polar surface area (TPSA) is 72.7 Å². The number of aromatic hydroxyl groups is 1. The molecule has 4 aromatic rings. The predicted octanol–water partition coefficient (Wildman–Crippen LogP) is 5.72. The van der Waals surface area contributed by atoms with Crippen LogP contribution >= 0.6 is 0 Å². The van der Waals surface area contributed by atoms with Gasteiger partial charge in [0.25, 0.3) is 0 Å². The van der Waals surface area contributed by atoms with Gasteiger partial charge in [0.2, 0.25) is 0 Å². The second-order valence-electron chi connectivity index (χ2n) is 5.96. The first kappa shape index (κ1) is 18.5. The van der Waals surface area contributed by atoms with E-state index >= 15 is 0 Å². The number of hydrogen-bond acceptors (Lipinski definition) is 3. The van der Waals surface area contributed by atoms with Crippen molar-refractivity contribution in [2.24, 2.45) is 0 Å². The van der Waals surface area contributed by atoms with Crippen molar-refractivity contribution in [3.63, 3.8) is 0 Å². The molecule has 4 heteroatoms. The van der Waals surface area contributed by atoms with Gasteiger partial charge in [-0.15, -0.1) is 0 Å². The van der Waals surface area contributed by atoms with Crippen LogP contribution in [0, 0.1) is 22.7 Å². The average Bonchev–Trinajstić information content (AvgIpc) is 3.07. The Morgan fingerprint density at radius 3 is 1.79 bits per heavy atom. The minimum atomic E-state index is 0.0469. The number of allylic oxidation sites excluding steroid dienone is 1. The van der Waals surface area contributed by atoms with E-state index in [0.29, 0.717) is 0 Å². The minimum Gasteiger partial charge on any atom is -0.508 e. The number of nitriles is 2. The fourth-order valence-corrected chi connectivity index (χ4v) is 2.98. The van der Waals surface area contributed by atoms with Crippen LogP contribution in [-0.2, 0) is 0 Å². The number of phenolic OH excluding ortho intramolecular Hbond substituents is 1. The van der Waals surface area contributed by atoms with Gasteiger partial charge in [0.15, 0.2) is 0 Å². The number of para-hydroxylation sites is 2. The lowest BCUT2D eigenvalue weighted by Crippen LogP contribution is -1.82. The van der Waals surface area contributed by atoms with Gasteiger partial charge in [0.1, 0.15) is 23.5 Å². The number of nitrogens with zero attached hydrogens (tertiary/aromatic N) is 3. The van der Waals surface area contributed by atoms with Crippen LogP contribution in [0.15, 0.2) is 84.9 Å². The Kier molecular flexibility index (Phi) is 5.55. The summed E-state index contributed by atoms with van der Waals surface area (Å²) in [5.74, 6) is 0.160. The summed E-state index contributed by atoms with van der Waals surface area (Å²) in [5.41, 5.74) is 3.20. The van der Waals surface area contributed by atoms with Gasteiger partial charge < -0.3 is 9.67 Å².